The van der Waals surface area contributed by atoms with Crippen molar-refractivity contribution in [2.24, 2.45) is 0 Å². The summed E-state index contributed by atoms with van der Waals surface area (Å²) in [7, 11) is 1.56. The van der Waals surface area contributed by atoms with Gasteiger partial charge in [0.15, 0.2) is 0 Å². The molecule has 1 N–H and O–H groups in total. The molecule has 1 aromatic rings. The molecule has 2 amide bonds. The fourth-order valence-corrected chi connectivity index (χ4v) is 2.02. The van der Waals surface area contributed by atoms with Crippen molar-refractivity contribution in [2.45, 2.75) is 0 Å². The van der Waals surface area contributed by atoms with Crippen LogP contribution in [-0.4, -0.2) is 18.3 Å². The first-order valence-corrected chi connectivity index (χ1v) is 5.40. The first kappa shape index (κ1) is 10.8. The van der Waals surface area contributed by atoms with E-state index in [0.717, 1.165) is 17.3 Å². The second-order valence-corrected chi connectivity index (χ2v) is 4.11. The lowest BCUT2D eigenvalue weighted by Gasteiger charge is -2.03. The number of hydrogen-bond donors (Lipinski definition) is 1. The minimum Gasteiger partial charge on any atom is -0.496 e. The summed E-state index contributed by atoms with van der Waals surface area (Å²) in [6, 6.07) is 7.30. The number of para-hydroxylation sites is 1. The van der Waals surface area contributed by atoms with Crippen LogP contribution in [0.15, 0.2) is 29.2 Å². The molecule has 0 radical (unpaired) electrons. The van der Waals surface area contributed by atoms with Crippen LogP contribution in [0.2, 0.25) is 0 Å². The van der Waals surface area contributed by atoms with Gasteiger partial charge in [-0.05, 0) is 23.9 Å². The monoisotopic (exact) mass is 235 g/mol. The van der Waals surface area contributed by atoms with E-state index in [1.165, 1.54) is 0 Å². The first-order valence-electron chi connectivity index (χ1n) is 4.58. The zero-order valence-corrected chi connectivity index (χ0v) is 9.34. The second kappa shape index (κ2) is 4.40. The third kappa shape index (κ3) is 2.09. The first-order chi connectivity index (χ1) is 7.70. The molecule has 1 fully saturated rings. The fourth-order valence-electron chi connectivity index (χ4n) is 1.35. The summed E-state index contributed by atoms with van der Waals surface area (Å²) in [5.41, 5.74) is 0.775. The van der Waals surface area contributed by atoms with Gasteiger partial charge in [0, 0.05) is 5.56 Å². The van der Waals surface area contributed by atoms with Gasteiger partial charge < -0.3 is 4.74 Å². The van der Waals surface area contributed by atoms with Gasteiger partial charge in [0.25, 0.3) is 11.1 Å². The summed E-state index contributed by atoms with van der Waals surface area (Å²) < 4.78 is 5.15. The number of amides is 2. The minimum atomic E-state index is -0.360. The molecule has 5 heteroatoms. The van der Waals surface area contributed by atoms with E-state index in [4.69, 9.17) is 4.74 Å². The molecule has 1 saturated heterocycles. The molecule has 82 valence electrons. The number of thioether (sulfide) groups is 1. The Morgan fingerprint density at radius 3 is 2.69 bits per heavy atom. The summed E-state index contributed by atoms with van der Waals surface area (Å²) in [5.74, 6) is 0.309. The lowest BCUT2D eigenvalue weighted by atomic mass is 10.2. The van der Waals surface area contributed by atoms with Crippen molar-refractivity contribution in [1.82, 2.24) is 5.32 Å². The molecule has 2 rings (SSSR count). The van der Waals surface area contributed by atoms with Crippen LogP contribution in [0.3, 0.4) is 0 Å². The van der Waals surface area contributed by atoms with Gasteiger partial charge in [0.2, 0.25) is 0 Å². The standard InChI is InChI=1S/C11H9NO3S/c1-15-8-5-3-2-4-7(8)6-9-10(13)12-11(14)16-9/h2-6H,1H3,(H,12,13,14)/b9-6+. The molecule has 1 heterocycles. The maximum atomic E-state index is 11.3. The van der Waals surface area contributed by atoms with E-state index in [2.05, 4.69) is 5.32 Å². The number of imide groups is 1. The summed E-state index contributed by atoms with van der Waals surface area (Å²) >= 11 is 0.894. The molecule has 1 aromatic carbocycles. The third-order valence-corrected chi connectivity index (χ3v) is 2.88. The largest absolute Gasteiger partial charge is 0.496 e. The van der Waals surface area contributed by atoms with Gasteiger partial charge in [0.1, 0.15) is 5.75 Å². The Bertz CT molecular complexity index is 482. The number of carbonyl (C=O) groups is 2. The van der Waals surface area contributed by atoms with Crippen LogP contribution in [0.1, 0.15) is 5.56 Å². The number of rotatable bonds is 2. The summed E-state index contributed by atoms with van der Waals surface area (Å²) in [4.78, 5) is 22.7. The van der Waals surface area contributed by atoms with E-state index < -0.39 is 0 Å². The molecule has 0 spiro atoms. The zero-order valence-electron chi connectivity index (χ0n) is 8.52. The molecule has 1 aliphatic rings. The maximum absolute atomic E-state index is 11.3. The van der Waals surface area contributed by atoms with Crippen molar-refractivity contribution in [3.63, 3.8) is 0 Å². The molecule has 0 aliphatic carbocycles. The van der Waals surface area contributed by atoms with Gasteiger partial charge in [-0.2, -0.15) is 0 Å². The Morgan fingerprint density at radius 1 is 1.31 bits per heavy atom. The lowest BCUT2D eigenvalue weighted by molar-refractivity contribution is -0.115. The van der Waals surface area contributed by atoms with Crippen LogP contribution in [-0.2, 0) is 4.79 Å². The molecule has 16 heavy (non-hydrogen) atoms. The maximum Gasteiger partial charge on any atom is 0.290 e. The highest BCUT2D eigenvalue weighted by atomic mass is 32.2. The quantitative estimate of drug-likeness (QED) is 0.797. The van der Waals surface area contributed by atoms with Crippen molar-refractivity contribution < 1.29 is 14.3 Å². The number of benzene rings is 1. The van der Waals surface area contributed by atoms with Crippen molar-refractivity contribution in [3.8, 4) is 5.75 Å². The zero-order chi connectivity index (χ0) is 11.5. The van der Waals surface area contributed by atoms with E-state index in [-0.39, 0.29) is 11.1 Å². The van der Waals surface area contributed by atoms with Gasteiger partial charge in [-0.25, -0.2) is 0 Å². The molecule has 1 aliphatic heterocycles. The number of nitrogens with one attached hydrogen (secondary N) is 1. The van der Waals surface area contributed by atoms with Crippen molar-refractivity contribution >= 4 is 29.0 Å². The van der Waals surface area contributed by atoms with Crippen molar-refractivity contribution in [2.75, 3.05) is 7.11 Å². The van der Waals surface area contributed by atoms with Crippen molar-refractivity contribution in [3.05, 3.63) is 34.7 Å². The highest BCUT2D eigenvalue weighted by Gasteiger charge is 2.25. The van der Waals surface area contributed by atoms with E-state index in [0.29, 0.717) is 10.7 Å². The molecular formula is C11H9NO3S. The normalized spacial score (nSPS) is 17.7. The van der Waals surface area contributed by atoms with Gasteiger partial charge in [-0.1, -0.05) is 18.2 Å². The SMILES string of the molecule is COc1ccccc1/C=C1/SC(=O)NC1=O. The van der Waals surface area contributed by atoms with Crippen LogP contribution in [0.5, 0.6) is 5.75 Å². The van der Waals surface area contributed by atoms with Crippen LogP contribution >= 0.6 is 11.8 Å². The average molecular weight is 235 g/mol. The van der Waals surface area contributed by atoms with E-state index >= 15 is 0 Å². The number of hydrogen-bond acceptors (Lipinski definition) is 4. The minimum absolute atomic E-state index is 0.342. The number of carbonyl (C=O) groups excluding carboxylic acids is 2. The van der Waals surface area contributed by atoms with E-state index in [1.807, 2.05) is 18.2 Å². The molecule has 0 bridgehead atoms. The smallest absolute Gasteiger partial charge is 0.290 e. The Hall–Kier alpha value is -1.75. The molecular weight excluding hydrogens is 226 g/mol. The highest BCUT2D eigenvalue weighted by Crippen LogP contribution is 2.28. The molecule has 0 aromatic heterocycles. The second-order valence-electron chi connectivity index (χ2n) is 3.09. The average Bonchev–Trinajstić information content (AvgIpc) is 2.58. The Balaban J connectivity index is 2.36. The van der Waals surface area contributed by atoms with Gasteiger partial charge >= 0.3 is 0 Å². The summed E-state index contributed by atoms with van der Waals surface area (Å²) in [6.45, 7) is 0. The van der Waals surface area contributed by atoms with Gasteiger partial charge in [0.05, 0.1) is 12.0 Å². The topological polar surface area (TPSA) is 55.4 Å². The Kier molecular flexibility index (Phi) is 2.96. The predicted octanol–water partition coefficient (Wildman–Crippen LogP) is 2.02. The number of ether oxygens (including phenoxy) is 1. The van der Waals surface area contributed by atoms with Gasteiger partial charge in [-0.3, -0.25) is 14.9 Å². The molecule has 0 atom stereocenters. The van der Waals surface area contributed by atoms with Crippen LogP contribution in [0.25, 0.3) is 6.08 Å². The van der Waals surface area contributed by atoms with E-state index in [1.54, 1.807) is 19.3 Å². The van der Waals surface area contributed by atoms with Crippen molar-refractivity contribution in [1.29, 1.82) is 0 Å². The predicted molar refractivity (Wildman–Crippen MR) is 62.1 cm³/mol. The van der Waals surface area contributed by atoms with Crippen LogP contribution in [0.4, 0.5) is 4.79 Å². The third-order valence-electron chi connectivity index (χ3n) is 2.07. The molecule has 4 nitrogen and oxygen atoms in total. The molecule has 0 saturated carbocycles. The lowest BCUT2D eigenvalue weighted by Crippen LogP contribution is -2.17. The Labute approximate surface area is 96.7 Å². The highest BCUT2D eigenvalue weighted by molar-refractivity contribution is 8.18. The fraction of sp³-hybridized carbons (Fsp3) is 0.0909. The number of methoxy groups -OCH3 is 1. The summed E-state index contributed by atoms with van der Waals surface area (Å²) in [5, 5.41) is 1.86. The molecule has 0 unspecified atom stereocenters. The van der Waals surface area contributed by atoms with Gasteiger partial charge in [-0.15, -0.1) is 0 Å². The summed E-state index contributed by atoms with van der Waals surface area (Å²) in [6.07, 6.45) is 1.64. The van der Waals surface area contributed by atoms with Crippen LogP contribution in [0, 0.1) is 0 Å². The van der Waals surface area contributed by atoms with Crippen LogP contribution < -0.4 is 10.1 Å². The Morgan fingerprint density at radius 2 is 2.06 bits per heavy atom. The van der Waals surface area contributed by atoms with E-state index in [9.17, 15) is 9.59 Å².